The molecule has 14 heavy (non-hydrogen) atoms. The van der Waals surface area contributed by atoms with Gasteiger partial charge in [-0.1, -0.05) is 17.7 Å². The molecular formula is C8H7ClN4S. The zero-order chi connectivity index (χ0) is 10.8. The smallest absolute Gasteiger partial charge is 0.173 e. The molecule has 0 radical (unpaired) electrons. The Morgan fingerprint density at radius 3 is 2.57 bits per heavy atom. The number of hydrogen-bond donors (Lipinski definition) is 1. The van der Waals surface area contributed by atoms with Crippen LogP contribution < -0.4 is 5.73 Å². The summed E-state index contributed by atoms with van der Waals surface area (Å²) in [6.07, 6.45) is 2.92. The van der Waals surface area contributed by atoms with Crippen LogP contribution in [0.2, 0.25) is 5.15 Å². The summed E-state index contributed by atoms with van der Waals surface area (Å²) in [6, 6.07) is 3.58. The number of hydrogen-bond acceptors (Lipinski definition) is 5. The Labute approximate surface area is 91.3 Å². The summed E-state index contributed by atoms with van der Waals surface area (Å²) in [7, 11) is 0. The number of rotatable bonds is 2. The molecular weight excluding hydrogens is 220 g/mol. The van der Waals surface area contributed by atoms with Crippen LogP contribution in [0.4, 0.5) is 0 Å². The van der Waals surface area contributed by atoms with Crippen LogP contribution in [0.1, 0.15) is 5.56 Å². The van der Waals surface area contributed by atoms with Crippen LogP contribution in [0.25, 0.3) is 0 Å². The van der Waals surface area contributed by atoms with E-state index in [1.54, 1.807) is 12.3 Å². The predicted octanol–water partition coefficient (Wildman–Crippen LogP) is 1.88. The zero-order valence-electron chi connectivity index (χ0n) is 7.14. The summed E-state index contributed by atoms with van der Waals surface area (Å²) in [5, 5.41) is 17.8. The minimum absolute atomic E-state index is 0.482. The predicted molar refractivity (Wildman–Crippen MR) is 56.0 cm³/mol. The minimum Gasteiger partial charge on any atom is -0.337 e. The number of nitrogens with zero attached hydrogens (tertiary/aromatic N) is 3. The Hall–Kier alpha value is -1.43. The summed E-state index contributed by atoms with van der Waals surface area (Å²) in [5.41, 5.74) is 5.17. The molecule has 72 valence electrons. The van der Waals surface area contributed by atoms with Gasteiger partial charge in [-0.3, -0.25) is 0 Å². The molecule has 0 aromatic carbocycles. The van der Waals surface area contributed by atoms with Crippen molar-refractivity contribution in [1.82, 2.24) is 4.98 Å². The van der Waals surface area contributed by atoms with Crippen molar-refractivity contribution in [3.63, 3.8) is 0 Å². The van der Waals surface area contributed by atoms with Crippen molar-refractivity contribution in [2.45, 2.75) is 5.75 Å². The first kappa shape index (κ1) is 12.6. The Bertz CT molecular complexity index is 338. The molecule has 1 aromatic rings. The maximum Gasteiger partial charge on any atom is 0.173 e. The molecule has 0 fully saturated rings. The fraction of sp³-hybridized carbons (Fsp3) is 0.125. The van der Waals surface area contributed by atoms with E-state index in [9.17, 15) is 0 Å². The molecule has 0 unspecified atom stereocenters. The average molecular weight is 227 g/mol. The molecule has 0 atom stereocenters. The third-order valence-corrected chi connectivity index (χ3v) is 1.92. The molecule has 0 aliphatic rings. The first-order chi connectivity index (χ1) is 6.74. The Morgan fingerprint density at radius 1 is 1.50 bits per heavy atom. The van der Waals surface area contributed by atoms with Crippen molar-refractivity contribution in [2.24, 2.45) is 5.73 Å². The third-order valence-electron chi connectivity index (χ3n) is 1.09. The fourth-order valence-electron chi connectivity index (χ4n) is 0.607. The fourth-order valence-corrected chi connectivity index (χ4v) is 1.12. The van der Waals surface area contributed by atoms with E-state index in [-0.39, 0.29) is 0 Å². The van der Waals surface area contributed by atoms with Crippen LogP contribution in [-0.2, 0) is 5.75 Å². The number of aromatic nitrogens is 1. The molecule has 0 saturated carbocycles. The van der Waals surface area contributed by atoms with Crippen LogP contribution in [0.3, 0.4) is 0 Å². The highest BCUT2D eigenvalue weighted by molar-refractivity contribution is 8.02. The lowest BCUT2D eigenvalue weighted by molar-refractivity contribution is 1.25. The van der Waals surface area contributed by atoms with E-state index in [2.05, 4.69) is 10.7 Å². The van der Waals surface area contributed by atoms with Gasteiger partial charge >= 0.3 is 0 Å². The minimum atomic E-state index is 0.482. The summed E-state index contributed by atoms with van der Waals surface area (Å²) in [6.45, 7) is 0. The van der Waals surface area contributed by atoms with Crippen LogP contribution in [0.15, 0.2) is 18.3 Å². The normalized spacial score (nSPS) is 7.64. The van der Waals surface area contributed by atoms with Crippen molar-refractivity contribution < 1.29 is 0 Å². The molecule has 1 heterocycles. The van der Waals surface area contributed by atoms with E-state index in [1.165, 1.54) is 18.0 Å². The van der Waals surface area contributed by atoms with Crippen LogP contribution in [0.5, 0.6) is 0 Å². The lowest BCUT2D eigenvalue weighted by Gasteiger charge is -1.93. The van der Waals surface area contributed by atoms with Gasteiger partial charge in [0.2, 0.25) is 0 Å². The molecule has 1 rings (SSSR count). The highest BCUT2D eigenvalue weighted by atomic mass is 35.5. The van der Waals surface area contributed by atoms with Crippen LogP contribution in [-0.4, -0.2) is 4.98 Å². The van der Waals surface area contributed by atoms with Gasteiger partial charge in [-0.2, -0.15) is 10.5 Å². The number of halogens is 1. The van der Waals surface area contributed by atoms with E-state index in [0.29, 0.717) is 10.9 Å². The number of thiocyanates is 1. The third kappa shape index (κ3) is 6.13. The summed E-state index contributed by atoms with van der Waals surface area (Å²) < 4.78 is 0. The maximum atomic E-state index is 8.25. The number of nitrogens with two attached hydrogens (primary N) is 1. The van der Waals surface area contributed by atoms with Gasteiger partial charge in [0.15, 0.2) is 6.19 Å². The van der Waals surface area contributed by atoms with E-state index in [4.69, 9.17) is 22.1 Å². The summed E-state index contributed by atoms with van der Waals surface area (Å²) in [4.78, 5) is 3.87. The highest BCUT2D eigenvalue weighted by Gasteiger charge is 1.92. The molecule has 6 heteroatoms. The van der Waals surface area contributed by atoms with Gasteiger partial charge in [0.1, 0.15) is 10.6 Å². The maximum absolute atomic E-state index is 8.25. The van der Waals surface area contributed by atoms with E-state index in [0.717, 1.165) is 5.56 Å². The van der Waals surface area contributed by atoms with E-state index < -0.39 is 0 Å². The number of pyridine rings is 1. The largest absolute Gasteiger partial charge is 0.337 e. The highest BCUT2D eigenvalue weighted by Crippen LogP contribution is 2.11. The summed E-state index contributed by atoms with van der Waals surface area (Å²) >= 11 is 6.75. The Balaban J connectivity index is 0.000000500. The molecule has 0 saturated heterocycles. The molecule has 2 N–H and O–H groups in total. The lowest BCUT2D eigenvalue weighted by atomic mass is 10.3. The monoisotopic (exact) mass is 226 g/mol. The van der Waals surface area contributed by atoms with Gasteiger partial charge in [-0.25, -0.2) is 4.98 Å². The standard InChI is InChI=1S/C7H5ClN2S.CH2N2/c8-7-2-1-6(3-10-7)4-11-5-9;2-1-3/h1-3H,4H2;2H2. The SMILES string of the molecule is N#CN.N#CSCc1ccc(Cl)nc1. The second kappa shape index (κ2) is 8.18. The van der Waals surface area contributed by atoms with Crippen molar-refractivity contribution in [2.75, 3.05) is 0 Å². The second-order valence-electron chi connectivity index (χ2n) is 2.00. The first-order valence-corrected chi connectivity index (χ1v) is 4.82. The molecule has 4 nitrogen and oxygen atoms in total. The zero-order valence-corrected chi connectivity index (χ0v) is 8.72. The van der Waals surface area contributed by atoms with E-state index in [1.807, 2.05) is 11.5 Å². The van der Waals surface area contributed by atoms with Gasteiger partial charge in [-0.15, -0.1) is 0 Å². The quantitative estimate of drug-likeness (QED) is 0.473. The van der Waals surface area contributed by atoms with Gasteiger partial charge in [0.05, 0.1) is 0 Å². The second-order valence-corrected chi connectivity index (χ2v) is 3.15. The van der Waals surface area contributed by atoms with Crippen molar-refractivity contribution in [3.05, 3.63) is 29.0 Å². The van der Waals surface area contributed by atoms with Crippen LogP contribution >= 0.6 is 23.4 Å². The first-order valence-electron chi connectivity index (χ1n) is 3.45. The van der Waals surface area contributed by atoms with Gasteiger partial charge in [0.25, 0.3) is 0 Å². The Kier molecular flexibility index (Phi) is 7.35. The molecule has 0 amide bonds. The molecule has 0 aliphatic carbocycles. The van der Waals surface area contributed by atoms with Crippen LogP contribution in [0, 0.1) is 22.1 Å². The topological polar surface area (TPSA) is 86.5 Å². The molecule has 1 aromatic heterocycles. The molecule has 0 bridgehead atoms. The van der Waals surface area contributed by atoms with Crippen molar-refractivity contribution >= 4 is 23.4 Å². The van der Waals surface area contributed by atoms with Gasteiger partial charge in [-0.05, 0) is 23.4 Å². The number of nitriles is 2. The Morgan fingerprint density at radius 2 is 2.14 bits per heavy atom. The molecule has 0 aliphatic heterocycles. The van der Waals surface area contributed by atoms with E-state index >= 15 is 0 Å². The molecule has 0 spiro atoms. The van der Waals surface area contributed by atoms with Gasteiger partial charge < -0.3 is 5.73 Å². The van der Waals surface area contributed by atoms with Crippen molar-refractivity contribution in [3.8, 4) is 11.6 Å². The lowest BCUT2D eigenvalue weighted by Crippen LogP contribution is -1.80. The van der Waals surface area contributed by atoms with Crippen molar-refractivity contribution in [1.29, 1.82) is 10.5 Å². The van der Waals surface area contributed by atoms with Gasteiger partial charge in [0, 0.05) is 11.9 Å². The number of thioether (sulfide) groups is 1. The average Bonchev–Trinajstić information content (AvgIpc) is 2.18. The summed E-state index contributed by atoms with van der Waals surface area (Å²) in [5.74, 6) is 0.667.